The lowest BCUT2D eigenvalue weighted by Gasteiger charge is -2.35. The van der Waals surface area contributed by atoms with Gasteiger partial charge in [0.25, 0.3) is 0 Å². The molecule has 0 saturated heterocycles. The van der Waals surface area contributed by atoms with Crippen molar-refractivity contribution in [2.45, 2.75) is 25.9 Å². The standard InChI is InChI=1S/C27H25N7O/c35-27(30-22-4-2-1-3-5-22)34-15-10-24-23(18-34)26(32-25(31-24)20-7-11-28-12-8-20)33-14-9-19-6-13-29-16-21(19)17-33/h1-8,11-13,16H,9-10,14-15,17-18H2,(H,30,35). The summed E-state index contributed by atoms with van der Waals surface area (Å²) in [5.41, 5.74) is 6.29. The van der Waals surface area contributed by atoms with Crippen LogP contribution >= 0.6 is 0 Å². The third-order valence-electron chi connectivity index (χ3n) is 6.61. The fraction of sp³-hybridized carbons (Fsp3) is 0.222. The van der Waals surface area contributed by atoms with Gasteiger partial charge in [0, 0.05) is 67.7 Å². The van der Waals surface area contributed by atoms with E-state index in [-0.39, 0.29) is 6.03 Å². The van der Waals surface area contributed by atoms with Gasteiger partial charge in [0.05, 0.1) is 12.2 Å². The number of carbonyl (C=O) groups is 1. The van der Waals surface area contributed by atoms with E-state index in [1.54, 1.807) is 12.4 Å². The van der Waals surface area contributed by atoms with Crippen molar-refractivity contribution in [3.05, 3.63) is 95.7 Å². The monoisotopic (exact) mass is 463 g/mol. The fourth-order valence-corrected chi connectivity index (χ4v) is 4.75. The van der Waals surface area contributed by atoms with Crippen LogP contribution < -0.4 is 10.2 Å². The molecule has 2 amide bonds. The maximum Gasteiger partial charge on any atom is 0.322 e. The Morgan fingerprint density at radius 2 is 1.66 bits per heavy atom. The van der Waals surface area contributed by atoms with Gasteiger partial charge in [-0.3, -0.25) is 9.97 Å². The second-order valence-corrected chi connectivity index (χ2v) is 8.82. The van der Waals surface area contributed by atoms with E-state index >= 15 is 0 Å². The second kappa shape index (κ2) is 9.13. The van der Waals surface area contributed by atoms with Crippen molar-refractivity contribution in [1.82, 2.24) is 24.8 Å². The Balaban J connectivity index is 1.35. The molecule has 8 heteroatoms. The molecule has 174 valence electrons. The molecule has 0 atom stereocenters. The van der Waals surface area contributed by atoms with Gasteiger partial charge in [-0.2, -0.15) is 0 Å². The Labute approximate surface area is 203 Å². The minimum Gasteiger partial charge on any atom is -0.351 e. The first-order chi connectivity index (χ1) is 17.2. The normalized spacial score (nSPS) is 14.7. The van der Waals surface area contributed by atoms with E-state index in [0.717, 1.165) is 47.8 Å². The number of rotatable bonds is 3. The molecule has 2 aliphatic heterocycles. The Bertz CT molecular complexity index is 1360. The first-order valence-electron chi connectivity index (χ1n) is 11.8. The van der Waals surface area contributed by atoms with Gasteiger partial charge in [0.1, 0.15) is 5.82 Å². The molecular formula is C27H25N7O. The summed E-state index contributed by atoms with van der Waals surface area (Å²) in [4.78, 5) is 35.6. The Kier molecular flexibility index (Phi) is 5.54. The highest BCUT2D eigenvalue weighted by atomic mass is 16.2. The number of pyridine rings is 2. The van der Waals surface area contributed by atoms with E-state index in [1.165, 1.54) is 11.1 Å². The first kappa shape index (κ1) is 21.2. The van der Waals surface area contributed by atoms with E-state index in [0.29, 0.717) is 25.3 Å². The van der Waals surface area contributed by atoms with Gasteiger partial charge in [-0.05, 0) is 47.9 Å². The number of amides is 2. The summed E-state index contributed by atoms with van der Waals surface area (Å²) in [5, 5.41) is 3.01. The summed E-state index contributed by atoms with van der Waals surface area (Å²) in [6.45, 7) is 2.66. The van der Waals surface area contributed by atoms with Crippen molar-refractivity contribution in [2.24, 2.45) is 0 Å². The average Bonchev–Trinajstić information content (AvgIpc) is 2.93. The maximum absolute atomic E-state index is 13.1. The van der Waals surface area contributed by atoms with Crippen molar-refractivity contribution in [1.29, 1.82) is 0 Å². The molecule has 6 rings (SSSR count). The SMILES string of the molecule is O=C(Nc1ccccc1)N1CCc2nc(-c3ccncc3)nc(N3CCc4ccncc4C3)c2C1. The molecule has 0 unspecified atom stereocenters. The number of hydrogen-bond donors (Lipinski definition) is 1. The van der Waals surface area contributed by atoms with Gasteiger partial charge in [-0.1, -0.05) is 18.2 Å². The summed E-state index contributed by atoms with van der Waals surface area (Å²) in [5.74, 6) is 1.59. The molecule has 1 aromatic carbocycles. The molecule has 0 saturated carbocycles. The molecule has 2 aliphatic rings. The molecule has 35 heavy (non-hydrogen) atoms. The molecule has 8 nitrogen and oxygen atoms in total. The lowest BCUT2D eigenvalue weighted by atomic mass is 10.00. The summed E-state index contributed by atoms with van der Waals surface area (Å²) in [6.07, 6.45) is 8.92. The quantitative estimate of drug-likeness (QED) is 0.493. The predicted octanol–water partition coefficient (Wildman–Crippen LogP) is 4.09. The number of fused-ring (bicyclic) bond motifs is 2. The average molecular weight is 464 g/mol. The maximum atomic E-state index is 13.1. The largest absolute Gasteiger partial charge is 0.351 e. The van der Waals surface area contributed by atoms with Crippen LogP contribution in [0.4, 0.5) is 16.3 Å². The van der Waals surface area contributed by atoms with Gasteiger partial charge in [0.2, 0.25) is 0 Å². The molecule has 0 bridgehead atoms. The number of nitrogens with one attached hydrogen (secondary N) is 1. The number of para-hydroxylation sites is 1. The molecule has 3 aromatic heterocycles. The minimum absolute atomic E-state index is 0.112. The summed E-state index contributed by atoms with van der Waals surface area (Å²) < 4.78 is 0. The molecule has 4 aromatic rings. The molecule has 1 N–H and O–H groups in total. The summed E-state index contributed by atoms with van der Waals surface area (Å²) in [7, 11) is 0. The summed E-state index contributed by atoms with van der Waals surface area (Å²) >= 11 is 0. The zero-order chi connectivity index (χ0) is 23.6. The van der Waals surface area contributed by atoms with Gasteiger partial charge in [-0.15, -0.1) is 0 Å². The van der Waals surface area contributed by atoms with Gasteiger partial charge in [0.15, 0.2) is 5.82 Å². The number of anilines is 2. The van der Waals surface area contributed by atoms with E-state index in [2.05, 4.69) is 26.3 Å². The smallest absolute Gasteiger partial charge is 0.322 e. The number of hydrogen-bond acceptors (Lipinski definition) is 6. The van der Waals surface area contributed by atoms with Crippen LogP contribution in [-0.2, 0) is 25.9 Å². The van der Waals surface area contributed by atoms with Crippen molar-refractivity contribution in [2.75, 3.05) is 23.3 Å². The van der Waals surface area contributed by atoms with E-state index in [1.807, 2.05) is 59.8 Å². The topological polar surface area (TPSA) is 87.1 Å². The van der Waals surface area contributed by atoms with E-state index < -0.39 is 0 Å². The molecule has 0 spiro atoms. The van der Waals surface area contributed by atoms with Crippen LogP contribution in [0.1, 0.15) is 22.4 Å². The Morgan fingerprint density at radius 1 is 0.829 bits per heavy atom. The van der Waals surface area contributed by atoms with Crippen LogP contribution in [-0.4, -0.2) is 44.0 Å². The molecule has 0 fully saturated rings. The second-order valence-electron chi connectivity index (χ2n) is 8.82. The molecule has 5 heterocycles. The van der Waals surface area contributed by atoms with Crippen molar-refractivity contribution < 1.29 is 4.79 Å². The van der Waals surface area contributed by atoms with Crippen LogP contribution in [0.3, 0.4) is 0 Å². The Morgan fingerprint density at radius 3 is 2.51 bits per heavy atom. The molecule has 0 radical (unpaired) electrons. The number of carbonyl (C=O) groups excluding carboxylic acids is 1. The van der Waals surface area contributed by atoms with E-state index in [9.17, 15) is 4.79 Å². The zero-order valence-corrected chi connectivity index (χ0v) is 19.3. The highest BCUT2D eigenvalue weighted by Gasteiger charge is 2.29. The minimum atomic E-state index is -0.112. The number of urea groups is 1. The number of benzene rings is 1. The third kappa shape index (κ3) is 4.30. The first-order valence-corrected chi connectivity index (χ1v) is 11.8. The molecule has 0 aliphatic carbocycles. The van der Waals surface area contributed by atoms with Crippen LogP contribution in [0.25, 0.3) is 11.4 Å². The van der Waals surface area contributed by atoms with Gasteiger partial charge >= 0.3 is 6.03 Å². The van der Waals surface area contributed by atoms with Crippen molar-refractivity contribution >= 4 is 17.5 Å². The van der Waals surface area contributed by atoms with Crippen LogP contribution in [0, 0.1) is 0 Å². The van der Waals surface area contributed by atoms with Crippen LogP contribution in [0.15, 0.2) is 73.3 Å². The van der Waals surface area contributed by atoms with Crippen LogP contribution in [0.5, 0.6) is 0 Å². The Hall–Kier alpha value is -4.33. The summed E-state index contributed by atoms with van der Waals surface area (Å²) in [6, 6.07) is 15.4. The van der Waals surface area contributed by atoms with Crippen molar-refractivity contribution in [3.8, 4) is 11.4 Å². The predicted molar refractivity (Wildman–Crippen MR) is 134 cm³/mol. The molecular weight excluding hydrogens is 438 g/mol. The van der Waals surface area contributed by atoms with Crippen LogP contribution in [0.2, 0.25) is 0 Å². The number of nitrogens with zero attached hydrogens (tertiary/aromatic N) is 6. The van der Waals surface area contributed by atoms with Gasteiger partial charge < -0.3 is 15.1 Å². The third-order valence-corrected chi connectivity index (χ3v) is 6.61. The van der Waals surface area contributed by atoms with Gasteiger partial charge in [-0.25, -0.2) is 14.8 Å². The number of aromatic nitrogens is 4. The lowest BCUT2D eigenvalue weighted by molar-refractivity contribution is 0.206. The highest BCUT2D eigenvalue weighted by Crippen LogP contribution is 2.32. The lowest BCUT2D eigenvalue weighted by Crippen LogP contribution is -2.41. The van der Waals surface area contributed by atoms with Crippen molar-refractivity contribution in [3.63, 3.8) is 0 Å². The zero-order valence-electron chi connectivity index (χ0n) is 19.3. The van der Waals surface area contributed by atoms with E-state index in [4.69, 9.17) is 9.97 Å². The highest BCUT2D eigenvalue weighted by molar-refractivity contribution is 5.89. The fourth-order valence-electron chi connectivity index (χ4n) is 4.75.